The Labute approximate surface area is 62.3 Å². The summed E-state index contributed by atoms with van der Waals surface area (Å²) in [6, 6.07) is 0. The largest absolute Gasteiger partial charge is 0.306 e. The third-order valence-corrected chi connectivity index (χ3v) is 2.40. The van der Waals surface area contributed by atoms with E-state index in [0.717, 1.165) is 5.33 Å². The van der Waals surface area contributed by atoms with E-state index < -0.39 is 8.77 Å². The van der Waals surface area contributed by atoms with E-state index >= 15 is 0 Å². The summed E-state index contributed by atoms with van der Waals surface area (Å²) >= 11 is 7.33. The summed E-state index contributed by atoms with van der Waals surface area (Å²) in [5.41, 5.74) is 0. The maximum Gasteiger partial charge on any atom is 0.141 e. The Morgan fingerprint density at radius 3 is 2.38 bits per heavy atom. The summed E-state index contributed by atoms with van der Waals surface area (Å²) in [6.07, 6.45) is 0.666. The predicted octanol–water partition coefficient (Wildman–Crippen LogP) is 0.991. The van der Waals surface area contributed by atoms with Crippen LogP contribution in [0.2, 0.25) is 0 Å². The van der Waals surface area contributed by atoms with Gasteiger partial charge in [0.15, 0.2) is 0 Å². The second-order valence-corrected chi connectivity index (χ2v) is 5.26. The fourth-order valence-corrected chi connectivity index (χ4v) is 1.75. The number of rotatable bonds is 3. The van der Waals surface area contributed by atoms with E-state index in [4.69, 9.17) is 4.55 Å². The van der Waals surface area contributed by atoms with Gasteiger partial charge in [-0.1, -0.05) is 15.9 Å². The molecule has 0 aliphatic heterocycles. The molecule has 8 heavy (non-hydrogen) atoms. The van der Waals surface area contributed by atoms with E-state index in [2.05, 4.69) is 27.1 Å². The third kappa shape index (κ3) is 6.81. The van der Waals surface area contributed by atoms with E-state index in [1.807, 2.05) is 0 Å². The zero-order valence-corrected chi connectivity index (χ0v) is 7.39. The predicted molar refractivity (Wildman–Crippen MR) is 41.4 cm³/mol. The quantitative estimate of drug-likeness (QED) is 0.719. The highest BCUT2D eigenvalue weighted by Crippen LogP contribution is 1.92. The van der Waals surface area contributed by atoms with Gasteiger partial charge in [0, 0.05) is 16.5 Å². The Kier molecular flexibility index (Phi) is 4.14. The highest BCUT2D eigenvalue weighted by atomic mass is 79.9. The molecule has 1 atom stereocenters. The smallest absolute Gasteiger partial charge is 0.141 e. The average Bonchev–Trinajstić information content (AvgIpc) is 1.59. The van der Waals surface area contributed by atoms with Gasteiger partial charge in [-0.3, -0.25) is 0 Å². The van der Waals surface area contributed by atoms with Crippen LogP contribution < -0.4 is 0 Å². The second kappa shape index (κ2) is 3.76. The van der Waals surface area contributed by atoms with E-state index in [0.29, 0.717) is 6.42 Å². The molecule has 0 aromatic rings. The minimum Gasteiger partial charge on any atom is -0.306 e. The molecule has 0 spiro atoms. The van der Waals surface area contributed by atoms with Crippen molar-refractivity contribution in [1.82, 2.24) is 0 Å². The molecular formula is C3H7BrO2S2. The first-order valence-electron chi connectivity index (χ1n) is 2.07. The molecule has 2 nitrogen and oxygen atoms in total. The van der Waals surface area contributed by atoms with Gasteiger partial charge in [-0.2, -0.15) is 0 Å². The molecule has 0 saturated carbocycles. The highest BCUT2D eigenvalue weighted by molar-refractivity contribution is 9.09. The van der Waals surface area contributed by atoms with Crippen molar-refractivity contribution in [1.29, 1.82) is 0 Å². The lowest BCUT2D eigenvalue weighted by molar-refractivity contribution is 0.560. The van der Waals surface area contributed by atoms with Crippen LogP contribution in [0.25, 0.3) is 0 Å². The molecule has 0 aliphatic rings. The maximum atomic E-state index is 10.3. The minimum absolute atomic E-state index is 0.216. The van der Waals surface area contributed by atoms with Crippen LogP contribution in [-0.2, 0) is 20.0 Å². The van der Waals surface area contributed by atoms with Crippen molar-refractivity contribution in [3.63, 3.8) is 0 Å². The van der Waals surface area contributed by atoms with Crippen LogP contribution in [0.4, 0.5) is 0 Å². The van der Waals surface area contributed by atoms with Crippen molar-refractivity contribution in [2.45, 2.75) is 6.42 Å². The van der Waals surface area contributed by atoms with Gasteiger partial charge in [0.2, 0.25) is 0 Å². The fraction of sp³-hybridized carbons (Fsp3) is 1.00. The van der Waals surface area contributed by atoms with Crippen molar-refractivity contribution >= 4 is 35.9 Å². The molecule has 0 aromatic heterocycles. The van der Waals surface area contributed by atoms with Gasteiger partial charge in [-0.05, 0) is 6.42 Å². The van der Waals surface area contributed by atoms with Crippen LogP contribution in [0.3, 0.4) is 0 Å². The minimum atomic E-state index is -2.88. The Morgan fingerprint density at radius 2 is 2.25 bits per heavy atom. The summed E-state index contributed by atoms with van der Waals surface area (Å²) in [6.45, 7) is 0. The molecule has 0 aromatic carbocycles. The lowest BCUT2D eigenvalue weighted by Crippen LogP contribution is -2.01. The van der Waals surface area contributed by atoms with Crippen molar-refractivity contribution in [3.05, 3.63) is 0 Å². The van der Waals surface area contributed by atoms with Crippen LogP contribution in [0.15, 0.2) is 0 Å². The molecular weight excluding hydrogens is 212 g/mol. The lowest BCUT2D eigenvalue weighted by Gasteiger charge is -1.92. The summed E-state index contributed by atoms with van der Waals surface area (Å²) in [5, 5.41) is 0.737. The summed E-state index contributed by atoms with van der Waals surface area (Å²) in [4.78, 5) is 0. The van der Waals surface area contributed by atoms with Crippen LogP contribution in [0.5, 0.6) is 0 Å². The summed E-state index contributed by atoms with van der Waals surface area (Å²) in [7, 11) is -2.88. The molecule has 0 radical (unpaired) electrons. The van der Waals surface area contributed by atoms with Gasteiger partial charge in [-0.25, -0.2) is 4.21 Å². The molecule has 0 rings (SSSR count). The number of alkyl halides is 1. The van der Waals surface area contributed by atoms with Crippen molar-refractivity contribution in [2.24, 2.45) is 0 Å². The maximum absolute atomic E-state index is 10.3. The first-order chi connectivity index (χ1) is 3.56. The zero-order chi connectivity index (χ0) is 6.62. The molecule has 0 saturated heterocycles. The molecule has 5 heteroatoms. The van der Waals surface area contributed by atoms with Gasteiger partial charge >= 0.3 is 0 Å². The van der Waals surface area contributed by atoms with Gasteiger partial charge in [0.25, 0.3) is 0 Å². The van der Waals surface area contributed by atoms with Crippen LogP contribution in [0, 0.1) is 0 Å². The average molecular weight is 219 g/mol. The number of hydrogen-bond acceptors (Lipinski definition) is 2. The molecule has 1 N–H and O–H groups in total. The summed E-state index contributed by atoms with van der Waals surface area (Å²) in [5.74, 6) is 0.216. The molecule has 0 heterocycles. The first-order valence-corrected chi connectivity index (χ1v) is 5.80. The third-order valence-electron chi connectivity index (χ3n) is 0.536. The topological polar surface area (TPSA) is 37.3 Å². The van der Waals surface area contributed by atoms with E-state index in [1.165, 1.54) is 0 Å². The molecule has 50 valence electrons. The van der Waals surface area contributed by atoms with Crippen LogP contribution in [0.1, 0.15) is 6.42 Å². The SMILES string of the molecule is O=S(O)(=S)CCCBr. The van der Waals surface area contributed by atoms with Gasteiger partial charge in [0.1, 0.15) is 8.77 Å². The van der Waals surface area contributed by atoms with Crippen LogP contribution in [-0.4, -0.2) is 19.8 Å². The van der Waals surface area contributed by atoms with Crippen LogP contribution >= 0.6 is 15.9 Å². The second-order valence-electron chi connectivity index (χ2n) is 1.33. The Hall–Kier alpha value is 0.810. The zero-order valence-electron chi connectivity index (χ0n) is 4.17. The van der Waals surface area contributed by atoms with Crippen molar-refractivity contribution in [2.75, 3.05) is 11.1 Å². The van der Waals surface area contributed by atoms with Gasteiger partial charge < -0.3 is 4.55 Å². The Morgan fingerprint density at radius 1 is 1.75 bits per heavy atom. The summed E-state index contributed by atoms with van der Waals surface area (Å²) < 4.78 is 18.8. The Bertz CT molecular complexity index is 139. The van der Waals surface area contributed by atoms with Crippen molar-refractivity contribution in [3.8, 4) is 0 Å². The van der Waals surface area contributed by atoms with E-state index in [-0.39, 0.29) is 5.75 Å². The number of halogens is 1. The molecule has 0 aliphatic carbocycles. The highest BCUT2D eigenvalue weighted by Gasteiger charge is 1.96. The van der Waals surface area contributed by atoms with E-state index in [1.54, 1.807) is 0 Å². The fourth-order valence-electron chi connectivity index (χ4n) is 0.237. The first kappa shape index (κ1) is 8.81. The molecule has 0 bridgehead atoms. The molecule has 0 fully saturated rings. The molecule has 0 amide bonds. The van der Waals surface area contributed by atoms with E-state index in [9.17, 15) is 4.21 Å². The van der Waals surface area contributed by atoms with Gasteiger partial charge in [-0.15, -0.1) is 0 Å². The Balaban J connectivity index is 3.42. The lowest BCUT2D eigenvalue weighted by atomic mass is 10.6. The monoisotopic (exact) mass is 218 g/mol. The van der Waals surface area contributed by atoms with Gasteiger partial charge in [0.05, 0.1) is 5.75 Å². The molecule has 1 unspecified atom stereocenters. The standard InChI is InChI=1S/C3H7BrO2S2/c4-2-1-3-8(5,6)7/h1-3H2,(H,5,6,7). The van der Waals surface area contributed by atoms with Crippen molar-refractivity contribution < 1.29 is 8.76 Å². The normalized spacial score (nSPS) is 17.8. The number of hydrogen-bond donors (Lipinski definition) is 1.